The van der Waals surface area contributed by atoms with Crippen LogP contribution in [0.5, 0.6) is 0 Å². The molecular formula is C23H38O2. The summed E-state index contributed by atoms with van der Waals surface area (Å²) in [5.41, 5.74) is 0.722. The molecule has 0 aromatic rings. The van der Waals surface area contributed by atoms with E-state index in [4.69, 9.17) is 0 Å². The highest BCUT2D eigenvalue weighted by Crippen LogP contribution is 2.68. The van der Waals surface area contributed by atoms with E-state index in [0.29, 0.717) is 40.4 Å². The van der Waals surface area contributed by atoms with Gasteiger partial charge in [-0.15, -0.1) is 6.58 Å². The van der Waals surface area contributed by atoms with Gasteiger partial charge in [0.15, 0.2) is 0 Å². The molecule has 0 aromatic carbocycles. The van der Waals surface area contributed by atoms with Crippen LogP contribution in [-0.2, 0) is 0 Å². The minimum absolute atomic E-state index is 0.139. The molecule has 2 heteroatoms. The Morgan fingerprint density at radius 2 is 1.64 bits per heavy atom. The summed E-state index contributed by atoms with van der Waals surface area (Å²) in [6.07, 6.45) is 11.0. The number of hydrogen-bond acceptors (Lipinski definition) is 2. The Morgan fingerprint density at radius 3 is 2.36 bits per heavy atom. The predicted molar refractivity (Wildman–Crippen MR) is 102 cm³/mol. The number of allylic oxidation sites excluding steroid dienone is 1. The van der Waals surface area contributed by atoms with Gasteiger partial charge in [-0.3, -0.25) is 0 Å². The van der Waals surface area contributed by atoms with Crippen molar-refractivity contribution in [1.29, 1.82) is 0 Å². The van der Waals surface area contributed by atoms with Crippen LogP contribution in [0.2, 0.25) is 0 Å². The van der Waals surface area contributed by atoms with E-state index in [9.17, 15) is 10.2 Å². The molecule has 0 saturated heterocycles. The number of hydrogen-bond donors (Lipinski definition) is 2. The van der Waals surface area contributed by atoms with Gasteiger partial charge in [0.1, 0.15) is 0 Å². The molecule has 10 atom stereocenters. The van der Waals surface area contributed by atoms with Crippen molar-refractivity contribution >= 4 is 0 Å². The van der Waals surface area contributed by atoms with Crippen LogP contribution >= 0.6 is 0 Å². The molecule has 25 heavy (non-hydrogen) atoms. The highest BCUT2D eigenvalue weighted by molar-refractivity contribution is 5.12. The SMILES string of the molecule is C=C[C@@H](C)[C@H]1CC[C@H]2[C@@H]3[C@H](O)C[C@@H]4C[C@H](O)CC[C@]4(C)[C@H]3CC[C@]12C. The van der Waals surface area contributed by atoms with E-state index >= 15 is 0 Å². The van der Waals surface area contributed by atoms with Gasteiger partial charge in [0.2, 0.25) is 0 Å². The van der Waals surface area contributed by atoms with Gasteiger partial charge < -0.3 is 10.2 Å². The van der Waals surface area contributed by atoms with Crippen LogP contribution in [0.25, 0.3) is 0 Å². The fourth-order valence-electron chi connectivity index (χ4n) is 8.27. The molecule has 0 amide bonds. The first-order chi connectivity index (χ1) is 11.8. The van der Waals surface area contributed by atoms with E-state index in [-0.39, 0.29) is 12.2 Å². The molecule has 0 heterocycles. The molecule has 4 aliphatic rings. The molecule has 142 valence electrons. The first kappa shape index (κ1) is 18.0. The number of fused-ring (bicyclic) bond motifs is 5. The van der Waals surface area contributed by atoms with Crippen LogP contribution in [0.1, 0.15) is 72.1 Å². The standard InChI is InChI=1S/C23H38O2/c1-5-14(2)17-6-7-18-21-19(9-11-23(17,18)4)22(3)10-8-16(24)12-15(22)13-20(21)25/h5,14-21,24-25H,1,6-13H2,2-4H3/t14-,15+,16-,17-,18+,19+,20-,21+,22+,23-/m1/s1. The second-order valence-electron chi connectivity index (χ2n) is 10.5. The summed E-state index contributed by atoms with van der Waals surface area (Å²) in [6.45, 7) is 11.4. The normalized spacial score (nSPS) is 56.4. The Hall–Kier alpha value is -0.340. The maximum Gasteiger partial charge on any atom is 0.0577 e. The van der Waals surface area contributed by atoms with E-state index in [0.717, 1.165) is 31.6 Å². The van der Waals surface area contributed by atoms with Gasteiger partial charge in [0.25, 0.3) is 0 Å². The molecule has 0 unspecified atom stereocenters. The van der Waals surface area contributed by atoms with Crippen molar-refractivity contribution in [2.24, 2.45) is 46.3 Å². The van der Waals surface area contributed by atoms with Crippen molar-refractivity contribution in [3.8, 4) is 0 Å². The fraction of sp³-hybridized carbons (Fsp3) is 0.913. The molecule has 0 radical (unpaired) electrons. The largest absolute Gasteiger partial charge is 0.393 e. The maximum absolute atomic E-state index is 11.2. The Morgan fingerprint density at radius 1 is 0.960 bits per heavy atom. The molecule has 2 nitrogen and oxygen atoms in total. The number of aliphatic hydroxyl groups is 2. The number of rotatable bonds is 2. The number of aliphatic hydroxyl groups excluding tert-OH is 2. The van der Waals surface area contributed by atoms with Gasteiger partial charge in [-0.1, -0.05) is 26.8 Å². The lowest BCUT2D eigenvalue weighted by molar-refractivity contribution is -0.173. The van der Waals surface area contributed by atoms with E-state index in [2.05, 4.69) is 33.4 Å². The molecule has 4 rings (SSSR count). The van der Waals surface area contributed by atoms with Gasteiger partial charge in [0, 0.05) is 0 Å². The average Bonchev–Trinajstić information content (AvgIpc) is 2.93. The van der Waals surface area contributed by atoms with Crippen LogP contribution in [-0.4, -0.2) is 22.4 Å². The Kier molecular flexibility index (Phi) is 4.40. The second kappa shape index (κ2) is 6.09. The second-order valence-corrected chi connectivity index (χ2v) is 10.5. The summed E-state index contributed by atoms with van der Waals surface area (Å²) in [4.78, 5) is 0. The van der Waals surface area contributed by atoms with Gasteiger partial charge in [-0.2, -0.15) is 0 Å². The molecular weight excluding hydrogens is 308 g/mol. The minimum atomic E-state index is -0.157. The van der Waals surface area contributed by atoms with Crippen molar-refractivity contribution in [3.63, 3.8) is 0 Å². The highest BCUT2D eigenvalue weighted by atomic mass is 16.3. The van der Waals surface area contributed by atoms with E-state index in [1.165, 1.54) is 25.7 Å². The van der Waals surface area contributed by atoms with Crippen LogP contribution in [0.4, 0.5) is 0 Å². The van der Waals surface area contributed by atoms with Crippen molar-refractivity contribution in [2.45, 2.75) is 84.3 Å². The Balaban J connectivity index is 1.64. The molecule has 0 bridgehead atoms. The summed E-state index contributed by atoms with van der Waals surface area (Å²) >= 11 is 0. The van der Waals surface area contributed by atoms with Gasteiger partial charge in [-0.25, -0.2) is 0 Å². The molecule has 0 aromatic heterocycles. The third-order valence-corrected chi connectivity index (χ3v) is 9.74. The molecule has 4 saturated carbocycles. The zero-order valence-electron chi connectivity index (χ0n) is 16.5. The van der Waals surface area contributed by atoms with Crippen LogP contribution in [0.15, 0.2) is 12.7 Å². The fourth-order valence-corrected chi connectivity index (χ4v) is 8.27. The first-order valence-electron chi connectivity index (χ1n) is 10.8. The van der Waals surface area contributed by atoms with E-state index < -0.39 is 0 Å². The van der Waals surface area contributed by atoms with Crippen molar-refractivity contribution in [1.82, 2.24) is 0 Å². The van der Waals surface area contributed by atoms with Crippen molar-refractivity contribution in [3.05, 3.63) is 12.7 Å². The van der Waals surface area contributed by atoms with Gasteiger partial charge in [0.05, 0.1) is 12.2 Å². The molecule has 0 aliphatic heterocycles. The lowest BCUT2D eigenvalue weighted by Gasteiger charge is -2.62. The van der Waals surface area contributed by atoms with Crippen LogP contribution in [0.3, 0.4) is 0 Å². The summed E-state index contributed by atoms with van der Waals surface area (Å²) in [5, 5.41) is 21.4. The summed E-state index contributed by atoms with van der Waals surface area (Å²) in [5.74, 6) is 3.66. The molecule has 4 aliphatic carbocycles. The van der Waals surface area contributed by atoms with Crippen molar-refractivity contribution in [2.75, 3.05) is 0 Å². The first-order valence-corrected chi connectivity index (χ1v) is 10.8. The predicted octanol–water partition coefficient (Wildman–Crippen LogP) is 4.80. The molecule has 2 N–H and O–H groups in total. The smallest absolute Gasteiger partial charge is 0.0577 e. The van der Waals surface area contributed by atoms with E-state index in [1.54, 1.807) is 0 Å². The quantitative estimate of drug-likeness (QED) is 0.705. The van der Waals surface area contributed by atoms with Gasteiger partial charge >= 0.3 is 0 Å². The Labute approximate surface area is 154 Å². The maximum atomic E-state index is 11.2. The average molecular weight is 347 g/mol. The topological polar surface area (TPSA) is 40.5 Å². The third kappa shape index (κ3) is 2.50. The summed E-state index contributed by atoms with van der Waals surface area (Å²) in [7, 11) is 0. The summed E-state index contributed by atoms with van der Waals surface area (Å²) in [6, 6.07) is 0. The zero-order chi connectivity index (χ0) is 18.0. The molecule has 4 fully saturated rings. The zero-order valence-corrected chi connectivity index (χ0v) is 16.5. The van der Waals surface area contributed by atoms with Crippen LogP contribution < -0.4 is 0 Å². The van der Waals surface area contributed by atoms with Crippen LogP contribution in [0, 0.1) is 46.3 Å². The van der Waals surface area contributed by atoms with Crippen molar-refractivity contribution < 1.29 is 10.2 Å². The lowest BCUT2D eigenvalue weighted by atomic mass is 9.43. The summed E-state index contributed by atoms with van der Waals surface area (Å²) < 4.78 is 0. The van der Waals surface area contributed by atoms with E-state index in [1.807, 2.05) is 0 Å². The Bertz CT molecular complexity index is 530. The van der Waals surface area contributed by atoms with Gasteiger partial charge in [-0.05, 0) is 97.7 Å². The third-order valence-electron chi connectivity index (χ3n) is 9.74. The monoisotopic (exact) mass is 346 g/mol. The minimum Gasteiger partial charge on any atom is -0.393 e. The highest BCUT2D eigenvalue weighted by Gasteiger charge is 2.62. The lowest BCUT2D eigenvalue weighted by Crippen LogP contribution is -2.58. The molecule has 0 spiro atoms.